The Balaban J connectivity index is 1.71. The normalized spacial score (nSPS) is 14.7. The van der Waals surface area contributed by atoms with E-state index in [0.717, 1.165) is 36.4 Å². The second kappa shape index (κ2) is 13.5. The number of benzene rings is 3. The molecule has 0 bridgehead atoms. The van der Waals surface area contributed by atoms with Gasteiger partial charge in [-0.15, -0.1) is 0 Å². The van der Waals surface area contributed by atoms with E-state index in [4.69, 9.17) is 11.6 Å². The average Bonchev–Trinajstić information content (AvgIpc) is 2.97. The zero-order chi connectivity index (χ0) is 29.6. The Hall–Kier alpha value is -3.43. The van der Waals surface area contributed by atoms with E-state index < -0.39 is 34.3 Å². The van der Waals surface area contributed by atoms with Gasteiger partial charge in [0.15, 0.2) is 0 Å². The van der Waals surface area contributed by atoms with Crippen molar-refractivity contribution in [3.05, 3.63) is 94.8 Å². The molecule has 2 amide bonds. The van der Waals surface area contributed by atoms with Crippen LogP contribution in [-0.2, 0) is 26.2 Å². The number of rotatable bonds is 10. The van der Waals surface area contributed by atoms with E-state index in [1.807, 2.05) is 0 Å². The molecule has 0 aliphatic heterocycles. The van der Waals surface area contributed by atoms with Gasteiger partial charge in [-0.05, 0) is 62.6 Å². The highest BCUT2D eigenvalue weighted by molar-refractivity contribution is 7.92. The smallest absolute Gasteiger partial charge is 0.264 e. The first kappa shape index (κ1) is 30.5. The molecule has 0 unspecified atom stereocenters. The van der Waals surface area contributed by atoms with Crippen LogP contribution >= 0.6 is 11.6 Å². The predicted octanol–water partition coefficient (Wildman–Crippen LogP) is 5.85. The van der Waals surface area contributed by atoms with Crippen molar-refractivity contribution in [2.75, 3.05) is 10.8 Å². The third-order valence-electron chi connectivity index (χ3n) is 7.47. The van der Waals surface area contributed by atoms with Crippen molar-refractivity contribution in [1.82, 2.24) is 10.2 Å². The van der Waals surface area contributed by atoms with Crippen LogP contribution in [0.2, 0.25) is 5.02 Å². The lowest BCUT2D eigenvalue weighted by molar-refractivity contribution is -0.139. The van der Waals surface area contributed by atoms with Crippen LogP contribution in [0.25, 0.3) is 0 Å². The van der Waals surface area contributed by atoms with Gasteiger partial charge in [-0.1, -0.05) is 73.3 Å². The molecule has 7 nitrogen and oxygen atoms in total. The number of sulfonamides is 1. The fraction of sp³-hybridized carbons (Fsp3) is 0.355. The fourth-order valence-electron chi connectivity index (χ4n) is 5.05. The van der Waals surface area contributed by atoms with Gasteiger partial charge in [-0.3, -0.25) is 13.9 Å². The maximum absolute atomic E-state index is 14.7. The van der Waals surface area contributed by atoms with Crippen LogP contribution in [0.15, 0.2) is 77.7 Å². The predicted molar refractivity (Wildman–Crippen MR) is 159 cm³/mol. The third-order valence-corrected chi connectivity index (χ3v) is 9.48. The monoisotopic (exact) mass is 599 g/mol. The number of carbonyl (C=O) groups excluding carboxylic acids is 2. The van der Waals surface area contributed by atoms with Crippen molar-refractivity contribution < 1.29 is 22.4 Å². The van der Waals surface area contributed by atoms with Crippen molar-refractivity contribution >= 4 is 39.1 Å². The summed E-state index contributed by atoms with van der Waals surface area (Å²) in [5.74, 6) is -1.54. The summed E-state index contributed by atoms with van der Waals surface area (Å²) in [5, 5.41) is 3.34. The van der Waals surface area contributed by atoms with E-state index in [1.54, 1.807) is 62.4 Å². The number of amides is 2. The van der Waals surface area contributed by atoms with E-state index in [2.05, 4.69) is 5.32 Å². The molecule has 0 radical (unpaired) electrons. The van der Waals surface area contributed by atoms with Crippen molar-refractivity contribution in [2.45, 2.75) is 69.5 Å². The lowest BCUT2D eigenvalue weighted by atomic mass is 9.95. The molecule has 0 heterocycles. The molecule has 1 N–H and O–H groups in total. The minimum absolute atomic E-state index is 0.00378. The second-order valence-corrected chi connectivity index (χ2v) is 12.7. The maximum atomic E-state index is 14.7. The van der Waals surface area contributed by atoms with Gasteiger partial charge in [0, 0.05) is 23.2 Å². The molecular formula is C31H35ClFN3O4S. The molecule has 1 atom stereocenters. The Morgan fingerprint density at radius 1 is 1.00 bits per heavy atom. The number of aryl methyl sites for hydroxylation is 1. The fourth-order valence-corrected chi connectivity index (χ4v) is 6.70. The van der Waals surface area contributed by atoms with Gasteiger partial charge in [-0.25, -0.2) is 12.8 Å². The van der Waals surface area contributed by atoms with E-state index in [0.29, 0.717) is 10.6 Å². The molecule has 4 rings (SSSR count). The Kier molecular flexibility index (Phi) is 10.0. The van der Waals surface area contributed by atoms with Gasteiger partial charge >= 0.3 is 0 Å². The Bertz CT molecular complexity index is 1480. The van der Waals surface area contributed by atoms with Crippen molar-refractivity contribution in [2.24, 2.45) is 0 Å². The summed E-state index contributed by atoms with van der Waals surface area (Å²) in [7, 11) is -4.22. The zero-order valence-electron chi connectivity index (χ0n) is 23.2. The van der Waals surface area contributed by atoms with Gasteiger partial charge < -0.3 is 10.2 Å². The average molecular weight is 600 g/mol. The Morgan fingerprint density at radius 2 is 1.66 bits per heavy atom. The van der Waals surface area contributed by atoms with Gasteiger partial charge in [0.25, 0.3) is 10.0 Å². The lowest BCUT2D eigenvalue weighted by Crippen LogP contribution is -2.53. The first-order valence-corrected chi connectivity index (χ1v) is 15.6. The molecule has 1 saturated carbocycles. The van der Waals surface area contributed by atoms with Crippen LogP contribution < -0.4 is 9.62 Å². The Labute approximate surface area is 246 Å². The summed E-state index contributed by atoms with van der Waals surface area (Å²) in [6.45, 7) is 2.48. The molecule has 41 heavy (non-hydrogen) atoms. The molecule has 0 saturated heterocycles. The quantitative estimate of drug-likeness (QED) is 0.317. The molecule has 10 heteroatoms. The van der Waals surface area contributed by atoms with Crippen LogP contribution in [0.3, 0.4) is 0 Å². The van der Waals surface area contributed by atoms with Crippen molar-refractivity contribution in [1.29, 1.82) is 0 Å². The number of hydrogen-bond acceptors (Lipinski definition) is 4. The van der Waals surface area contributed by atoms with Gasteiger partial charge in [0.2, 0.25) is 11.8 Å². The summed E-state index contributed by atoms with van der Waals surface area (Å²) in [6.07, 6.45) is 4.87. The Morgan fingerprint density at radius 3 is 2.34 bits per heavy atom. The van der Waals surface area contributed by atoms with E-state index in [9.17, 15) is 22.4 Å². The topological polar surface area (TPSA) is 86.8 Å². The number of hydrogen-bond donors (Lipinski definition) is 1. The largest absolute Gasteiger partial charge is 0.352 e. The highest BCUT2D eigenvalue weighted by Gasteiger charge is 2.34. The molecule has 218 valence electrons. The number of anilines is 1. The number of halogens is 2. The summed E-state index contributed by atoms with van der Waals surface area (Å²) in [5.41, 5.74) is 1.04. The molecule has 1 fully saturated rings. The van der Waals surface area contributed by atoms with E-state index in [1.165, 1.54) is 29.2 Å². The highest BCUT2D eigenvalue weighted by Crippen LogP contribution is 2.30. The summed E-state index contributed by atoms with van der Waals surface area (Å²) < 4.78 is 43.5. The molecule has 1 aliphatic carbocycles. The van der Waals surface area contributed by atoms with Crippen LogP contribution in [0.4, 0.5) is 10.1 Å². The third kappa shape index (κ3) is 7.45. The first-order valence-electron chi connectivity index (χ1n) is 13.7. The van der Waals surface area contributed by atoms with E-state index in [-0.39, 0.29) is 34.6 Å². The highest BCUT2D eigenvalue weighted by atomic mass is 35.5. The van der Waals surface area contributed by atoms with Crippen molar-refractivity contribution in [3.63, 3.8) is 0 Å². The molecule has 1 aliphatic rings. The van der Waals surface area contributed by atoms with Gasteiger partial charge in [-0.2, -0.15) is 0 Å². The number of carbonyl (C=O) groups is 2. The zero-order valence-corrected chi connectivity index (χ0v) is 24.8. The minimum atomic E-state index is -4.22. The maximum Gasteiger partial charge on any atom is 0.264 e. The van der Waals surface area contributed by atoms with Crippen LogP contribution in [0, 0.1) is 12.7 Å². The minimum Gasteiger partial charge on any atom is -0.352 e. The second-order valence-electron chi connectivity index (χ2n) is 10.4. The number of nitrogens with one attached hydrogen (secondary N) is 1. The number of nitrogens with zero attached hydrogens (tertiary/aromatic N) is 2. The lowest BCUT2D eigenvalue weighted by Gasteiger charge is -2.33. The summed E-state index contributed by atoms with van der Waals surface area (Å²) in [6, 6.07) is 17.6. The standard InChI is InChI=1S/C31H35ClFN3O4S/c1-22-17-18-25(32)19-29(22)36(41(39,40)27-14-7-4-8-15-27)21-30(37)35(20-24-11-9-10-16-28(24)33)23(2)31(38)34-26-12-5-3-6-13-26/h4,7-11,14-19,23,26H,3,5-6,12-13,20-21H2,1-2H3,(H,34,38)/t23-/m0/s1. The molecular weight excluding hydrogens is 565 g/mol. The molecule has 0 aromatic heterocycles. The summed E-state index contributed by atoms with van der Waals surface area (Å²) in [4.78, 5) is 28.6. The summed E-state index contributed by atoms with van der Waals surface area (Å²) >= 11 is 6.25. The van der Waals surface area contributed by atoms with E-state index >= 15 is 0 Å². The van der Waals surface area contributed by atoms with Crippen LogP contribution in [0.1, 0.15) is 50.2 Å². The van der Waals surface area contributed by atoms with Crippen LogP contribution in [0.5, 0.6) is 0 Å². The van der Waals surface area contributed by atoms with Gasteiger partial charge in [0.1, 0.15) is 18.4 Å². The molecule has 3 aromatic rings. The van der Waals surface area contributed by atoms with Crippen LogP contribution in [-0.4, -0.2) is 43.8 Å². The SMILES string of the molecule is Cc1ccc(Cl)cc1N(CC(=O)N(Cc1ccccc1F)[C@@H](C)C(=O)NC1CCCCC1)S(=O)(=O)c1ccccc1. The molecule has 3 aromatic carbocycles. The molecule has 0 spiro atoms. The first-order chi connectivity index (χ1) is 19.6. The van der Waals surface area contributed by atoms with Crippen molar-refractivity contribution in [3.8, 4) is 0 Å². The van der Waals surface area contributed by atoms with Gasteiger partial charge in [0.05, 0.1) is 10.6 Å².